The number of hydrogen-bond acceptors (Lipinski definition) is 2. The van der Waals surface area contributed by atoms with Gasteiger partial charge < -0.3 is 4.74 Å². The summed E-state index contributed by atoms with van der Waals surface area (Å²) in [4.78, 5) is 4.87. The van der Waals surface area contributed by atoms with E-state index in [1.54, 1.807) is 0 Å². The van der Waals surface area contributed by atoms with Gasteiger partial charge in [0.2, 0.25) is 0 Å². The minimum Gasteiger partial charge on any atom is -0.478 e. The first-order valence-corrected chi connectivity index (χ1v) is 7.59. The second-order valence-electron chi connectivity index (χ2n) is 6.80. The van der Waals surface area contributed by atoms with Crippen molar-refractivity contribution >= 4 is 12.0 Å². The van der Waals surface area contributed by atoms with Crippen LogP contribution >= 0.6 is 0 Å². The molecule has 0 unspecified atom stereocenters. The summed E-state index contributed by atoms with van der Waals surface area (Å²) in [5.74, 6) is 1.20. The average molecular weight is 281 g/mol. The van der Waals surface area contributed by atoms with E-state index >= 15 is 0 Å². The van der Waals surface area contributed by atoms with Gasteiger partial charge in [0, 0.05) is 0 Å². The number of fused-ring (bicyclic) bond motifs is 1. The molecule has 0 amide bonds. The predicted octanol–water partition coefficient (Wildman–Crippen LogP) is 4.37. The first-order chi connectivity index (χ1) is 9.97. The smallest absolute Gasteiger partial charge is 0.195 e. The van der Waals surface area contributed by atoms with E-state index in [9.17, 15) is 0 Å². The van der Waals surface area contributed by atoms with Gasteiger partial charge in [-0.25, -0.2) is 4.99 Å². The van der Waals surface area contributed by atoms with Crippen molar-refractivity contribution < 1.29 is 4.74 Å². The zero-order chi connectivity index (χ0) is 15.1. The number of hydrogen-bond donors (Lipinski definition) is 0. The molecule has 110 valence electrons. The summed E-state index contributed by atoms with van der Waals surface area (Å²) in [6, 6.07) is 8.54. The molecule has 1 heterocycles. The molecule has 2 atom stereocenters. The van der Waals surface area contributed by atoms with Crippen LogP contribution in [0.2, 0.25) is 0 Å². The van der Waals surface area contributed by atoms with E-state index in [-0.39, 0.29) is 11.0 Å². The van der Waals surface area contributed by atoms with Crippen LogP contribution in [0.1, 0.15) is 38.3 Å². The second kappa shape index (κ2) is 4.87. The molecule has 2 nitrogen and oxygen atoms in total. The Hall–Kier alpha value is -1.83. The van der Waals surface area contributed by atoms with Crippen molar-refractivity contribution in [3.05, 3.63) is 54.1 Å². The van der Waals surface area contributed by atoms with Gasteiger partial charge in [-0.15, -0.1) is 6.58 Å². The summed E-state index contributed by atoms with van der Waals surface area (Å²) in [5.41, 5.74) is 2.22. The summed E-state index contributed by atoms with van der Waals surface area (Å²) in [6.45, 7) is 11.1. The Morgan fingerprint density at radius 2 is 2.10 bits per heavy atom. The van der Waals surface area contributed by atoms with E-state index in [1.807, 2.05) is 6.08 Å². The van der Waals surface area contributed by atoms with Crippen molar-refractivity contribution in [3.8, 4) is 0 Å². The van der Waals surface area contributed by atoms with Crippen molar-refractivity contribution in [2.75, 3.05) is 6.61 Å². The summed E-state index contributed by atoms with van der Waals surface area (Å²) >= 11 is 0. The maximum absolute atomic E-state index is 6.03. The molecular weight excluding hydrogens is 258 g/mol. The molecule has 0 spiro atoms. The van der Waals surface area contributed by atoms with E-state index in [0.29, 0.717) is 12.5 Å². The Balaban J connectivity index is 2.15. The van der Waals surface area contributed by atoms with Gasteiger partial charge in [-0.05, 0) is 44.2 Å². The first kappa shape index (κ1) is 14.1. The Bertz CT molecular complexity index is 626. The molecular formula is C19H23NO. The molecule has 1 aliphatic heterocycles. The number of ether oxygens (including phenoxy) is 1. The van der Waals surface area contributed by atoms with E-state index in [4.69, 9.17) is 9.73 Å². The number of nitrogens with zero attached hydrogens (tertiary/aromatic N) is 1. The van der Waals surface area contributed by atoms with Gasteiger partial charge in [0.05, 0.1) is 11.0 Å². The third-order valence-electron chi connectivity index (χ3n) is 4.60. The van der Waals surface area contributed by atoms with E-state index in [2.05, 4.69) is 63.8 Å². The quantitative estimate of drug-likeness (QED) is 0.754. The van der Waals surface area contributed by atoms with Crippen molar-refractivity contribution in [1.82, 2.24) is 0 Å². The monoisotopic (exact) mass is 281 g/mol. The normalized spacial score (nSPS) is 29.5. The van der Waals surface area contributed by atoms with Crippen LogP contribution in [0.15, 0.2) is 48.0 Å². The molecule has 3 rings (SSSR count). The number of rotatable bonds is 3. The fraction of sp³-hybridized carbons (Fsp3) is 0.421. The highest BCUT2D eigenvalue weighted by Crippen LogP contribution is 2.44. The van der Waals surface area contributed by atoms with Crippen molar-refractivity contribution in [2.24, 2.45) is 10.9 Å². The lowest BCUT2D eigenvalue weighted by molar-refractivity contribution is 0.250. The Morgan fingerprint density at radius 3 is 2.76 bits per heavy atom. The zero-order valence-corrected chi connectivity index (χ0v) is 13.1. The largest absolute Gasteiger partial charge is 0.478 e. The molecule has 1 aliphatic carbocycles. The van der Waals surface area contributed by atoms with Gasteiger partial charge in [-0.1, -0.05) is 42.5 Å². The van der Waals surface area contributed by atoms with Crippen LogP contribution in [0.3, 0.4) is 0 Å². The highest BCUT2D eigenvalue weighted by atomic mass is 16.5. The van der Waals surface area contributed by atoms with E-state index < -0.39 is 0 Å². The Labute approximate surface area is 127 Å². The molecule has 1 aromatic rings. The molecule has 1 aromatic carbocycles. The Morgan fingerprint density at radius 1 is 1.33 bits per heavy atom. The van der Waals surface area contributed by atoms with Gasteiger partial charge in [0.25, 0.3) is 0 Å². The average Bonchev–Trinajstić information content (AvgIpc) is 2.83. The summed E-state index contributed by atoms with van der Waals surface area (Å²) in [5, 5.41) is 0. The minimum atomic E-state index is -0.215. The van der Waals surface area contributed by atoms with Gasteiger partial charge in [0.1, 0.15) is 6.61 Å². The molecule has 0 radical (unpaired) electrons. The van der Waals surface area contributed by atoms with Crippen LogP contribution < -0.4 is 0 Å². The molecule has 0 N–H and O–H groups in total. The number of benzene rings is 1. The molecule has 0 saturated heterocycles. The van der Waals surface area contributed by atoms with Crippen LogP contribution in [0, 0.1) is 5.92 Å². The number of aliphatic imine (C=N–C) groups is 1. The highest BCUT2D eigenvalue weighted by Gasteiger charge is 2.46. The van der Waals surface area contributed by atoms with E-state index in [1.165, 1.54) is 11.1 Å². The third kappa shape index (κ3) is 2.23. The van der Waals surface area contributed by atoms with Crippen LogP contribution in [-0.4, -0.2) is 18.0 Å². The summed E-state index contributed by atoms with van der Waals surface area (Å²) < 4.78 is 6.03. The van der Waals surface area contributed by atoms with Gasteiger partial charge >= 0.3 is 0 Å². The van der Waals surface area contributed by atoms with Gasteiger partial charge in [0.15, 0.2) is 5.90 Å². The Kier molecular flexibility index (Phi) is 3.27. The maximum Gasteiger partial charge on any atom is 0.195 e. The van der Waals surface area contributed by atoms with Crippen LogP contribution in [0.25, 0.3) is 6.08 Å². The second-order valence-corrected chi connectivity index (χ2v) is 6.80. The predicted molar refractivity (Wildman–Crippen MR) is 88.6 cm³/mol. The topological polar surface area (TPSA) is 21.6 Å². The highest BCUT2D eigenvalue weighted by molar-refractivity contribution is 5.92. The maximum atomic E-state index is 6.03. The van der Waals surface area contributed by atoms with Crippen molar-refractivity contribution in [2.45, 2.75) is 38.1 Å². The SMILES string of the molecule is C=CC[C@H]1C=Cc2ccccc2[C@@]1(C)C1=NC(C)(C)CO1. The molecule has 2 heteroatoms. The lowest BCUT2D eigenvalue weighted by Crippen LogP contribution is -2.41. The van der Waals surface area contributed by atoms with Crippen molar-refractivity contribution in [1.29, 1.82) is 0 Å². The van der Waals surface area contributed by atoms with Crippen LogP contribution in [-0.2, 0) is 10.2 Å². The van der Waals surface area contributed by atoms with E-state index in [0.717, 1.165) is 12.3 Å². The molecule has 0 bridgehead atoms. The molecule has 0 fully saturated rings. The third-order valence-corrected chi connectivity index (χ3v) is 4.60. The first-order valence-electron chi connectivity index (χ1n) is 7.59. The standard InChI is InChI=1S/C19H23NO/c1-5-8-15-12-11-14-9-6-7-10-16(14)19(15,4)17-20-18(2,3)13-21-17/h5-7,9-12,15H,1,8,13H2,2-4H3/t15-,19-/m0/s1. The molecule has 0 saturated carbocycles. The van der Waals surface area contributed by atoms with Crippen LogP contribution in [0.5, 0.6) is 0 Å². The fourth-order valence-electron chi connectivity index (χ4n) is 3.35. The zero-order valence-electron chi connectivity index (χ0n) is 13.1. The molecule has 2 aliphatic rings. The fourth-order valence-corrected chi connectivity index (χ4v) is 3.35. The lowest BCUT2D eigenvalue weighted by Gasteiger charge is -2.39. The summed E-state index contributed by atoms with van der Waals surface area (Å²) in [7, 11) is 0. The van der Waals surface area contributed by atoms with Crippen LogP contribution in [0.4, 0.5) is 0 Å². The molecule has 0 aromatic heterocycles. The lowest BCUT2D eigenvalue weighted by atomic mass is 9.66. The van der Waals surface area contributed by atoms with Gasteiger partial charge in [-0.3, -0.25) is 0 Å². The van der Waals surface area contributed by atoms with Gasteiger partial charge in [-0.2, -0.15) is 0 Å². The molecule has 21 heavy (non-hydrogen) atoms. The summed E-state index contributed by atoms with van der Waals surface area (Å²) in [6.07, 6.45) is 7.40. The number of allylic oxidation sites excluding steroid dienone is 2. The van der Waals surface area contributed by atoms with Crippen molar-refractivity contribution in [3.63, 3.8) is 0 Å². The minimum absolute atomic E-state index is 0.132.